The summed E-state index contributed by atoms with van der Waals surface area (Å²) in [6.07, 6.45) is 32.2. The van der Waals surface area contributed by atoms with E-state index >= 15 is 0 Å². The van der Waals surface area contributed by atoms with E-state index in [1.807, 2.05) is 12.2 Å². The van der Waals surface area contributed by atoms with Crippen molar-refractivity contribution >= 4 is 11.6 Å². The number of rotatable bonds is 8. The van der Waals surface area contributed by atoms with Crippen LogP contribution < -0.4 is 0 Å². The van der Waals surface area contributed by atoms with Gasteiger partial charge in [0.25, 0.3) is 0 Å². The fourth-order valence-electron chi connectivity index (χ4n) is 8.01. The first kappa shape index (κ1) is 35.2. The summed E-state index contributed by atoms with van der Waals surface area (Å²) >= 11 is 0. The van der Waals surface area contributed by atoms with Crippen molar-refractivity contribution in [2.45, 2.75) is 73.1 Å². The molecule has 0 amide bonds. The Kier molecular flexibility index (Phi) is 11.2. The molecule has 0 nitrogen and oxygen atoms in total. The smallest absolute Gasteiger partial charge is 0.000788 e. The third-order valence-electron chi connectivity index (χ3n) is 11.0. The van der Waals surface area contributed by atoms with Crippen molar-refractivity contribution in [1.29, 1.82) is 0 Å². The minimum absolute atomic E-state index is 0.224. The molecular weight excluding hydrogens is 601 g/mol. The molecule has 254 valence electrons. The first-order valence-electron chi connectivity index (χ1n) is 18.7. The zero-order valence-corrected chi connectivity index (χ0v) is 30.9. The molecule has 2 unspecified atom stereocenters. The fraction of sp³-hybridized carbons (Fsp3) is 0.280. The van der Waals surface area contributed by atoms with Gasteiger partial charge in [-0.3, -0.25) is 0 Å². The summed E-state index contributed by atoms with van der Waals surface area (Å²) < 4.78 is 0. The Bertz CT molecular complexity index is 1940. The predicted molar refractivity (Wildman–Crippen MR) is 220 cm³/mol. The molecule has 0 N–H and O–H groups in total. The topological polar surface area (TPSA) is 0 Å². The SMILES string of the molecule is C=C/C=C\C=C1/CC(c2cccc(-c3ccc(-c4ccccc4)cc3)c2/C=C\C(C)/C2=C/C(C)C3=CCCC=C3C(C)(C)CCC2)=CC=C1C. The van der Waals surface area contributed by atoms with Gasteiger partial charge in [-0.1, -0.05) is 179 Å². The standard InChI is InChI=1S/C50H54/c1-7-8-10-19-43-35-44(27-25-36(43)2)47-23-15-22-46(41-30-28-40(29-31-41)39-17-11-9-12-18-39)48(47)32-26-37(3)42-20-16-33-50(5,6)49-24-14-13-21-45(49)38(4)34-42/h7-12,15,17-19,21-32,34,37-38H,1,13-14,16,20,33,35H2,2-6H3/b10-8-,32-26-,42-34+,43-19+. The van der Waals surface area contributed by atoms with E-state index < -0.39 is 0 Å². The molecule has 6 rings (SSSR count). The molecule has 3 aromatic rings. The van der Waals surface area contributed by atoms with Crippen LogP contribution in [0.4, 0.5) is 0 Å². The number of hydrogen-bond donors (Lipinski definition) is 0. The van der Waals surface area contributed by atoms with Crippen molar-refractivity contribution in [2.75, 3.05) is 0 Å². The van der Waals surface area contributed by atoms with Gasteiger partial charge in [0.15, 0.2) is 0 Å². The van der Waals surface area contributed by atoms with Gasteiger partial charge in [-0.25, -0.2) is 0 Å². The molecule has 50 heavy (non-hydrogen) atoms. The summed E-state index contributed by atoms with van der Waals surface area (Å²) in [7, 11) is 0. The first-order chi connectivity index (χ1) is 24.2. The van der Waals surface area contributed by atoms with Gasteiger partial charge in [0, 0.05) is 0 Å². The lowest BCUT2D eigenvalue weighted by Gasteiger charge is -2.33. The zero-order valence-electron chi connectivity index (χ0n) is 30.9. The molecular formula is C50H54. The highest BCUT2D eigenvalue weighted by molar-refractivity contribution is 5.87. The quantitative estimate of drug-likeness (QED) is 0.167. The first-order valence-corrected chi connectivity index (χ1v) is 18.7. The highest BCUT2D eigenvalue weighted by atomic mass is 14.3. The summed E-state index contributed by atoms with van der Waals surface area (Å²) in [6, 6.07) is 26.6. The summed E-state index contributed by atoms with van der Waals surface area (Å²) in [4.78, 5) is 0. The van der Waals surface area contributed by atoms with Crippen LogP contribution in [0.3, 0.4) is 0 Å². The van der Waals surface area contributed by atoms with Gasteiger partial charge in [-0.15, -0.1) is 0 Å². The van der Waals surface area contributed by atoms with Crippen LogP contribution in [0.15, 0.2) is 168 Å². The Morgan fingerprint density at radius 2 is 1.54 bits per heavy atom. The van der Waals surface area contributed by atoms with E-state index in [1.165, 1.54) is 69.4 Å². The van der Waals surface area contributed by atoms with Gasteiger partial charge in [0.2, 0.25) is 0 Å². The maximum Gasteiger partial charge on any atom is -0.000788 e. The summed E-state index contributed by atoms with van der Waals surface area (Å²) in [5.41, 5.74) is 16.6. The van der Waals surface area contributed by atoms with Crippen molar-refractivity contribution in [3.63, 3.8) is 0 Å². The second kappa shape index (κ2) is 15.9. The Balaban J connectivity index is 1.39. The van der Waals surface area contributed by atoms with Gasteiger partial charge >= 0.3 is 0 Å². The largest absolute Gasteiger partial charge is 0.0991 e. The second-order valence-corrected chi connectivity index (χ2v) is 15.0. The van der Waals surface area contributed by atoms with Crippen LogP contribution in [-0.2, 0) is 0 Å². The average molecular weight is 655 g/mol. The van der Waals surface area contributed by atoms with Crippen LogP contribution in [0.2, 0.25) is 0 Å². The Labute approximate surface area is 302 Å². The van der Waals surface area contributed by atoms with Crippen LogP contribution in [-0.4, -0.2) is 0 Å². The monoisotopic (exact) mass is 654 g/mol. The van der Waals surface area contributed by atoms with E-state index in [-0.39, 0.29) is 5.41 Å². The van der Waals surface area contributed by atoms with Crippen LogP contribution >= 0.6 is 0 Å². The van der Waals surface area contributed by atoms with Gasteiger partial charge in [-0.2, -0.15) is 0 Å². The van der Waals surface area contributed by atoms with Crippen molar-refractivity contribution in [2.24, 2.45) is 17.3 Å². The van der Waals surface area contributed by atoms with Crippen LogP contribution in [0.1, 0.15) is 84.3 Å². The highest BCUT2D eigenvalue weighted by Gasteiger charge is 2.30. The number of allylic oxidation sites excluding steroid dienone is 16. The van der Waals surface area contributed by atoms with Gasteiger partial charge in [0.05, 0.1) is 0 Å². The van der Waals surface area contributed by atoms with E-state index in [1.54, 1.807) is 16.7 Å². The molecule has 0 bridgehead atoms. The van der Waals surface area contributed by atoms with Gasteiger partial charge < -0.3 is 0 Å². The van der Waals surface area contributed by atoms with Crippen LogP contribution in [0, 0.1) is 17.3 Å². The lowest BCUT2D eigenvalue weighted by atomic mass is 9.72. The molecule has 0 aromatic heterocycles. The molecule has 0 aliphatic heterocycles. The molecule has 0 saturated carbocycles. The third kappa shape index (κ3) is 8.03. The maximum absolute atomic E-state index is 3.85. The van der Waals surface area contributed by atoms with Crippen LogP contribution in [0.25, 0.3) is 33.9 Å². The van der Waals surface area contributed by atoms with E-state index in [0.29, 0.717) is 11.8 Å². The summed E-state index contributed by atoms with van der Waals surface area (Å²) in [5, 5.41) is 0. The summed E-state index contributed by atoms with van der Waals surface area (Å²) in [5.74, 6) is 0.775. The van der Waals surface area contributed by atoms with E-state index in [0.717, 1.165) is 19.3 Å². The molecule has 0 saturated heterocycles. The maximum atomic E-state index is 3.85. The van der Waals surface area contributed by atoms with Crippen molar-refractivity contribution < 1.29 is 0 Å². The van der Waals surface area contributed by atoms with Crippen LogP contribution in [0.5, 0.6) is 0 Å². The summed E-state index contributed by atoms with van der Waals surface area (Å²) in [6.45, 7) is 15.8. The normalized spacial score (nSPS) is 21.9. The number of benzene rings is 3. The minimum atomic E-state index is 0.224. The number of hydrogen-bond acceptors (Lipinski definition) is 0. The van der Waals surface area contributed by atoms with Crippen molar-refractivity contribution in [3.8, 4) is 22.3 Å². The zero-order chi connectivity index (χ0) is 35.1. The van der Waals surface area contributed by atoms with Crippen molar-refractivity contribution in [1.82, 2.24) is 0 Å². The number of fused-ring (bicyclic) bond motifs is 1. The van der Waals surface area contributed by atoms with E-state index in [4.69, 9.17) is 0 Å². The molecule has 3 aromatic carbocycles. The lowest BCUT2D eigenvalue weighted by molar-refractivity contribution is 0.392. The average Bonchev–Trinajstić information content (AvgIpc) is 3.19. The molecule has 0 spiro atoms. The van der Waals surface area contributed by atoms with Gasteiger partial charge in [0.1, 0.15) is 0 Å². The second-order valence-electron chi connectivity index (χ2n) is 15.0. The Morgan fingerprint density at radius 3 is 2.32 bits per heavy atom. The third-order valence-corrected chi connectivity index (χ3v) is 11.0. The molecule has 3 aliphatic carbocycles. The fourth-order valence-corrected chi connectivity index (χ4v) is 8.01. The Hall–Kier alpha value is -4.68. The molecule has 0 radical (unpaired) electrons. The Morgan fingerprint density at radius 1 is 0.820 bits per heavy atom. The molecule has 0 heteroatoms. The molecule has 3 aliphatic rings. The molecule has 0 heterocycles. The highest BCUT2D eigenvalue weighted by Crippen LogP contribution is 2.45. The molecule has 0 fully saturated rings. The van der Waals surface area contributed by atoms with Crippen molar-refractivity contribution in [3.05, 3.63) is 179 Å². The lowest BCUT2D eigenvalue weighted by Crippen LogP contribution is -2.19. The predicted octanol–water partition coefficient (Wildman–Crippen LogP) is 14.5. The minimum Gasteiger partial charge on any atom is -0.0991 e. The molecule has 2 atom stereocenters. The van der Waals surface area contributed by atoms with E-state index in [9.17, 15) is 0 Å². The van der Waals surface area contributed by atoms with E-state index in [2.05, 4.69) is 169 Å². The van der Waals surface area contributed by atoms with Gasteiger partial charge in [-0.05, 0) is 124 Å².